The molecule has 1 saturated heterocycles. The van der Waals surface area contributed by atoms with Crippen LogP contribution in [0, 0.1) is 0 Å². The Balaban J connectivity index is 1.77. The van der Waals surface area contributed by atoms with Gasteiger partial charge in [-0.1, -0.05) is 26.2 Å². The van der Waals surface area contributed by atoms with E-state index >= 15 is 0 Å². The first-order valence-corrected chi connectivity index (χ1v) is 8.42. The number of carbonyl (C=O) groups excluding carboxylic acids is 1. The highest BCUT2D eigenvalue weighted by molar-refractivity contribution is 5.78. The van der Waals surface area contributed by atoms with E-state index in [1.807, 2.05) is 11.9 Å². The maximum Gasteiger partial charge on any atom is 0.236 e. The molecule has 1 N–H and O–H groups in total. The topological polar surface area (TPSA) is 35.6 Å². The van der Waals surface area contributed by atoms with Crippen LogP contribution < -0.4 is 5.32 Å². The molecule has 2 fully saturated rings. The van der Waals surface area contributed by atoms with Crippen molar-refractivity contribution in [3.8, 4) is 0 Å². The molecule has 2 rings (SSSR count). The summed E-state index contributed by atoms with van der Waals surface area (Å²) in [4.78, 5) is 16.8. The fraction of sp³-hybridized carbons (Fsp3) is 0.938. The number of nitrogens with zero attached hydrogens (tertiary/aromatic N) is 2. The van der Waals surface area contributed by atoms with E-state index in [2.05, 4.69) is 17.1 Å². The zero-order valence-electron chi connectivity index (χ0n) is 13.2. The maximum absolute atomic E-state index is 12.4. The molecule has 0 aromatic heterocycles. The van der Waals surface area contributed by atoms with Crippen LogP contribution in [0.2, 0.25) is 0 Å². The van der Waals surface area contributed by atoms with Crippen molar-refractivity contribution in [1.82, 2.24) is 15.1 Å². The number of carbonyl (C=O) groups is 1. The normalized spacial score (nSPS) is 24.2. The van der Waals surface area contributed by atoms with Gasteiger partial charge in [0.15, 0.2) is 0 Å². The van der Waals surface area contributed by atoms with E-state index in [9.17, 15) is 4.79 Å². The quantitative estimate of drug-likeness (QED) is 0.807. The Labute approximate surface area is 123 Å². The first-order chi connectivity index (χ1) is 9.70. The second-order valence-corrected chi connectivity index (χ2v) is 6.42. The van der Waals surface area contributed by atoms with Gasteiger partial charge in [0.05, 0.1) is 6.54 Å². The highest BCUT2D eigenvalue weighted by atomic mass is 16.2. The van der Waals surface area contributed by atoms with E-state index in [0.717, 1.165) is 19.6 Å². The van der Waals surface area contributed by atoms with E-state index in [1.54, 1.807) is 0 Å². The van der Waals surface area contributed by atoms with Gasteiger partial charge in [-0.3, -0.25) is 9.69 Å². The van der Waals surface area contributed by atoms with E-state index in [0.29, 0.717) is 24.5 Å². The van der Waals surface area contributed by atoms with Gasteiger partial charge in [0.1, 0.15) is 0 Å². The number of likely N-dealkylation sites (N-methyl/N-ethyl adjacent to an activating group) is 2. The van der Waals surface area contributed by atoms with Crippen LogP contribution in [0.1, 0.15) is 51.9 Å². The first kappa shape index (κ1) is 15.8. The molecule has 20 heavy (non-hydrogen) atoms. The van der Waals surface area contributed by atoms with Crippen LogP contribution in [0.4, 0.5) is 0 Å². The molecule has 1 heterocycles. The van der Waals surface area contributed by atoms with Crippen molar-refractivity contribution in [3.63, 3.8) is 0 Å². The molecule has 1 aliphatic heterocycles. The second kappa shape index (κ2) is 7.99. The molecule has 0 spiro atoms. The van der Waals surface area contributed by atoms with Crippen molar-refractivity contribution >= 4 is 5.91 Å². The van der Waals surface area contributed by atoms with Gasteiger partial charge in [-0.05, 0) is 38.8 Å². The first-order valence-electron chi connectivity index (χ1n) is 8.42. The third-order valence-electron chi connectivity index (χ3n) is 4.96. The average Bonchev–Trinajstić information content (AvgIpc) is 2.99. The molecule has 1 amide bonds. The monoisotopic (exact) mass is 281 g/mol. The molecule has 0 radical (unpaired) electrons. The molecule has 1 atom stereocenters. The SMILES string of the molecule is CCN(CC(=O)N(C)C1CCCCC1)CC1CCCN1. The summed E-state index contributed by atoms with van der Waals surface area (Å²) in [6.45, 7) is 5.85. The number of hydrogen-bond donors (Lipinski definition) is 1. The van der Waals surface area contributed by atoms with Gasteiger partial charge >= 0.3 is 0 Å². The summed E-state index contributed by atoms with van der Waals surface area (Å²) in [5.41, 5.74) is 0. The van der Waals surface area contributed by atoms with Crippen molar-refractivity contribution in [1.29, 1.82) is 0 Å². The minimum Gasteiger partial charge on any atom is -0.342 e. The Morgan fingerprint density at radius 1 is 1.15 bits per heavy atom. The zero-order chi connectivity index (χ0) is 14.4. The third kappa shape index (κ3) is 4.45. The van der Waals surface area contributed by atoms with Gasteiger partial charge in [-0.2, -0.15) is 0 Å². The molecule has 0 bridgehead atoms. The number of amides is 1. The number of rotatable bonds is 6. The molecular formula is C16H31N3O. The van der Waals surface area contributed by atoms with Crippen LogP contribution in [0.3, 0.4) is 0 Å². The molecular weight excluding hydrogens is 250 g/mol. The van der Waals surface area contributed by atoms with Gasteiger partial charge in [-0.25, -0.2) is 0 Å². The molecule has 4 heteroatoms. The Kier molecular flexibility index (Phi) is 6.30. The van der Waals surface area contributed by atoms with Crippen LogP contribution in [0.15, 0.2) is 0 Å². The highest BCUT2D eigenvalue weighted by Crippen LogP contribution is 2.21. The minimum atomic E-state index is 0.303. The van der Waals surface area contributed by atoms with Crippen molar-refractivity contribution in [2.45, 2.75) is 64.0 Å². The smallest absolute Gasteiger partial charge is 0.236 e. The van der Waals surface area contributed by atoms with Gasteiger partial charge in [-0.15, -0.1) is 0 Å². The van der Waals surface area contributed by atoms with Gasteiger partial charge in [0.2, 0.25) is 5.91 Å². The molecule has 4 nitrogen and oxygen atoms in total. The van der Waals surface area contributed by atoms with E-state index < -0.39 is 0 Å². The Bertz CT molecular complexity index is 296. The fourth-order valence-corrected chi connectivity index (χ4v) is 3.50. The summed E-state index contributed by atoms with van der Waals surface area (Å²) in [6, 6.07) is 1.07. The molecule has 1 unspecified atom stereocenters. The highest BCUT2D eigenvalue weighted by Gasteiger charge is 2.24. The van der Waals surface area contributed by atoms with Crippen molar-refractivity contribution < 1.29 is 4.79 Å². The van der Waals surface area contributed by atoms with Gasteiger partial charge in [0, 0.05) is 25.7 Å². The zero-order valence-corrected chi connectivity index (χ0v) is 13.2. The predicted octanol–water partition coefficient (Wildman–Crippen LogP) is 1.85. The fourth-order valence-electron chi connectivity index (χ4n) is 3.50. The maximum atomic E-state index is 12.4. The molecule has 2 aliphatic rings. The summed E-state index contributed by atoms with van der Waals surface area (Å²) < 4.78 is 0. The molecule has 1 saturated carbocycles. The van der Waals surface area contributed by atoms with Crippen molar-refractivity contribution in [3.05, 3.63) is 0 Å². The van der Waals surface area contributed by atoms with Crippen LogP contribution in [-0.4, -0.2) is 61.0 Å². The lowest BCUT2D eigenvalue weighted by atomic mass is 9.94. The number of hydrogen-bond acceptors (Lipinski definition) is 3. The lowest BCUT2D eigenvalue weighted by Crippen LogP contribution is -2.46. The standard InChI is InChI=1S/C16H31N3O/c1-3-19(12-14-8-7-11-17-14)13-16(20)18(2)15-9-5-4-6-10-15/h14-15,17H,3-13H2,1-2H3. The van der Waals surface area contributed by atoms with Crippen LogP contribution in [0.25, 0.3) is 0 Å². The Hall–Kier alpha value is -0.610. The summed E-state index contributed by atoms with van der Waals surface area (Å²) in [5.74, 6) is 0.303. The summed E-state index contributed by atoms with van der Waals surface area (Å²) in [7, 11) is 2.00. The molecule has 0 aromatic carbocycles. The van der Waals surface area contributed by atoms with E-state index in [-0.39, 0.29) is 0 Å². The second-order valence-electron chi connectivity index (χ2n) is 6.42. The van der Waals surface area contributed by atoms with Gasteiger partial charge < -0.3 is 10.2 Å². The largest absolute Gasteiger partial charge is 0.342 e. The van der Waals surface area contributed by atoms with Crippen LogP contribution in [-0.2, 0) is 4.79 Å². The lowest BCUT2D eigenvalue weighted by molar-refractivity contribution is -0.133. The van der Waals surface area contributed by atoms with Crippen molar-refractivity contribution in [2.75, 3.05) is 33.2 Å². The summed E-state index contributed by atoms with van der Waals surface area (Å²) >= 11 is 0. The lowest BCUT2D eigenvalue weighted by Gasteiger charge is -2.33. The Morgan fingerprint density at radius 2 is 1.90 bits per heavy atom. The van der Waals surface area contributed by atoms with Crippen molar-refractivity contribution in [2.24, 2.45) is 0 Å². The van der Waals surface area contributed by atoms with Gasteiger partial charge in [0.25, 0.3) is 0 Å². The van der Waals surface area contributed by atoms with Crippen LogP contribution >= 0.6 is 0 Å². The third-order valence-corrected chi connectivity index (χ3v) is 4.96. The van der Waals surface area contributed by atoms with Crippen LogP contribution in [0.5, 0.6) is 0 Å². The minimum absolute atomic E-state index is 0.303. The molecule has 116 valence electrons. The summed E-state index contributed by atoms with van der Waals surface area (Å²) in [6.07, 6.45) is 8.82. The predicted molar refractivity (Wildman–Crippen MR) is 82.8 cm³/mol. The van der Waals surface area contributed by atoms with E-state index in [4.69, 9.17) is 0 Å². The molecule has 0 aromatic rings. The summed E-state index contributed by atoms with van der Waals surface area (Å²) in [5, 5.41) is 3.52. The molecule has 1 aliphatic carbocycles. The average molecular weight is 281 g/mol. The number of nitrogens with one attached hydrogen (secondary N) is 1. The Morgan fingerprint density at radius 3 is 2.50 bits per heavy atom. The van der Waals surface area contributed by atoms with E-state index in [1.165, 1.54) is 44.9 Å².